The molecule has 6 rings (SSSR count). The van der Waals surface area contributed by atoms with Crippen LogP contribution >= 0.6 is 22.7 Å². The van der Waals surface area contributed by atoms with Crippen LogP contribution in [-0.4, -0.2) is 31.0 Å². The van der Waals surface area contributed by atoms with Crippen molar-refractivity contribution >= 4 is 33.7 Å². The highest BCUT2D eigenvalue weighted by atomic mass is 32.1. The summed E-state index contributed by atoms with van der Waals surface area (Å²) in [5, 5.41) is 11.4. The van der Waals surface area contributed by atoms with Crippen molar-refractivity contribution in [3.05, 3.63) is 98.8 Å². The molecule has 0 unspecified atom stereocenters. The number of para-hydroxylation sites is 1. The fourth-order valence-corrected chi connectivity index (χ4v) is 5.96. The van der Waals surface area contributed by atoms with Crippen LogP contribution in [0.1, 0.15) is 38.2 Å². The summed E-state index contributed by atoms with van der Waals surface area (Å²) in [5.74, 6) is 1.35. The van der Waals surface area contributed by atoms with Crippen LogP contribution in [0.4, 0.5) is 0 Å². The van der Waals surface area contributed by atoms with E-state index in [1.807, 2.05) is 89.1 Å². The van der Waals surface area contributed by atoms with Crippen LogP contribution in [0.5, 0.6) is 5.75 Å². The van der Waals surface area contributed by atoms with Gasteiger partial charge in [0.1, 0.15) is 11.4 Å². The first-order valence-electron chi connectivity index (χ1n) is 13.0. The van der Waals surface area contributed by atoms with Gasteiger partial charge in [-0.15, -0.1) is 16.4 Å². The van der Waals surface area contributed by atoms with E-state index in [1.165, 1.54) is 35.1 Å². The Morgan fingerprint density at radius 2 is 1.79 bits per heavy atom. The third-order valence-corrected chi connectivity index (χ3v) is 8.20. The van der Waals surface area contributed by atoms with Crippen molar-refractivity contribution in [2.45, 2.75) is 32.6 Å². The molecule has 0 fully saturated rings. The Hall–Kier alpha value is -4.08. The summed E-state index contributed by atoms with van der Waals surface area (Å²) in [6, 6.07) is 21.7. The molecule has 0 saturated heterocycles. The first-order chi connectivity index (χ1) is 19.2. The zero-order chi connectivity index (χ0) is 26.6. The first-order valence-corrected chi connectivity index (χ1v) is 14.7. The molecule has 0 radical (unpaired) electrons. The van der Waals surface area contributed by atoms with Gasteiger partial charge < -0.3 is 4.74 Å². The van der Waals surface area contributed by atoms with Gasteiger partial charge in [0.15, 0.2) is 5.82 Å². The van der Waals surface area contributed by atoms with Gasteiger partial charge in [-0.2, -0.15) is 14.6 Å². The molecular weight excluding hydrogens is 526 g/mol. The number of thiazole rings is 1. The molecule has 0 spiro atoms. The van der Waals surface area contributed by atoms with E-state index in [1.54, 1.807) is 11.3 Å². The Morgan fingerprint density at radius 1 is 0.949 bits per heavy atom. The molecule has 7 nitrogen and oxygen atoms in total. The number of nitrogens with zero attached hydrogens (tertiary/aromatic N) is 5. The molecule has 0 aliphatic carbocycles. The summed E-state index contributed by atoms with van der Waals surface area (Å²) in [7, 11) is 0. The zero-order valence-corrected chi connectivity index (χ0v) is 23.1. The maximum absolute atomic E-state index is 13.3. The van der Waals surface area contributed by atoms with Crippen LogP contribution in [-0.2, 0) is 0 Å². The predicted molar refractivity (Wildman–Crippen MR) is 158 cm³/mol. The number of benzene rings is 2. The summed E-state index contributed by atoms with van der Waals surface area (Å²) >= 11 is 2.95. The van der Waals surface area contributed by atoms with Crippen molar-refractivity contribution in [2.24, 2.45) is 0 Å². The SMILES string of the molecule is CCCCCCOc1ccc(-c2nc3s/c(=C\c4cn(-c5ccccc5)nc4-c4cccs4)c(=O)n3n2)cc1. The van der Waals surface area contributed by atoms with Gasteiger partial charge in [0.05, 0.1) is 21.7 Å². The third kappa shape index (κ3) is 5.41. The Morgan fingerprint density at radius 3 is 2.54 bits per heavy atom. The minimum Gasteiger partial charge on any atom is -0.494 e. The van der Waals surface area contributed by atoms with E-state index < -0.39 is 0 Å². The highest BCUT2D eigenvalue weighted by molar-refractivity contribution is 7.15. The quantitative estimate of drug-likeness (QED) is 0.188. The molecule has 4 aromatic heterocycles. The van der Waals surface area contributed by atoms with E-state index in [2.05, 4.69) is 17.0 Å². The predicted octanol–water partition coefficient (Wildman–Crippen LogP) is 6.24. The molecule has 2 aromatic carbocycles. The van der Waals surface area contributed by atoms with Crippen LogP contribution in [0.2, 0.25) is 0 Å². The first kappa shape index (κ1) is 25.2. The van der Waals surface area contributed by atoms with Gasteiger partial charge in [-0.05, 0) is 60.3 Å². The standard InChI is InChI=1S/C30H27N5O2S2/c1-2-3-4-8-17-37-24-15-13-21(14-16-24)28-31-30-35(33-28)29(36)26(39-30)19-22-20-34(23-10-6-5-7-11-23)32-27(22)25-12-9-18-38-25/h5-7,9-16,18-20H,2-4,8,17H2,1H3/b26-19-. The van der Waals surface area contributed by atoms with Gasteiger partial charge in [0, 0.05) is 17.3 Å². The Bertz CT molecular complexity index is 1790. The van der Waals surface area contributed by atoms with Crippen LogP contribution in [0.15, 0.2) is 83.1 Å². The molecule has 0 bridgehead atoms. The summed E-state index contributed by atoms with van der Waals surface area (Å²) < 4.78 is 9.64. The average Bonchev–Trinajstić information content (AvgIpc) is 3.76. The molecule has 0 aliphatic rings. The van der Waals surface area contributed by atoms with Gasteiger partial charge in [-0.25, -0.2) is 4.68 Å². The molecule has 0 atom stereocenters. The van der Waals surface area contributed by atoms with E-state index in [9.17, 15) is 4.79 Å². The van der Waals surface area contributed by atoms with Gasteiger partial charge in [-0.1, -0.05) is 61.8 Å². The molecule has 0 amide bonds. The van der Waals surface area contributed by atoms with E-state index in [4.69, 9.17) is 9.84 Å². The fraction of sp³-hybridized carbons (Fsp3) is 0.200. The highest BCUT2D eigenvalue weighted by Gasteiger charge is 2.15. The van der Waals surface area contributed by atoms with Crippen molar-refractivity contribution in [3.63, 3.8) is 0 Å². The molecule has 4 heterocycles. The van der Waals surface area contributed by atoms with Crippen LogP contribution in [0, 0.1) is 0 Å². The van der Waals surface area contributed by atoms with Crippen molar-refractivity contribution in [1.82, 2.24) is 24.4 Å². The molecule has 6 aromatic rings. The van der Waals surface area contributed by atoms with Crippen molar-refractivity contribution in [3.8, 4) is 33.4 Å². The van der Waals surface area contributed by atoms with Crippen molar-refractivity contribution in [1.29, 1.82) is 0 Å². The molecule has 9 heteroatoms. The Labute approximate surface area is 233 Å². The summed E-state index contributed by atoms with van der Waals surface area (Å²) in [5.41, 5.74) is 3.31. The highest BCUT2D eigenvalue weighted by Crippen LogP contribution is 2.28. The number of ether oxygens (including phenoxy) is 1. The smallest absolute Gasteiger partial charge is 0.291 e. The topological polar surface area (TPSA) is 74.3 Å². The zero-order valence-electron chi connectivity index (χ0n) is 21.5. The number of hydrogen-bond donors (Lipinski definition) is 0. The van der Waals surface area contributed by atoms with E-state index in [-0.39, 0.29) is 5.56 Å². The van der Waals surface area contributed by atoms with Gasteiger partial charge in [0.25, 0.3) is 5.56 Å². The van der Waals surface area contributed by atoms with E-state index in [0.29, 0.717) is 15.3 Å². The van der Waals surface area contributed by atoms with Crippen LogP contribution in [0.25, 0.3) is 38.7 Å². The number of thiophene rings is 1. The second-order valence-electron chi connectivity index (χ2n) is 9.17. The molecule has 0 saturated carbocycles. The number of rotatable bonds is 10. The Balaban J connectivity index is 1.28. The van der Waals surface area contributed by atoms with Gasteiger partial charge >= 0.3 is 0 Å². The molecular formula is C30H27N5O2S2. The summed E-state index contributed by atoms with van der Waals surface area (Å²) in [4.78, 5) is 19.5. The number of hydrogen-bond acceptors (Lipinski definition) is 7. The van der Waals surface area contributed by atoms with Crippen molar-refractivity contribution in [2.75, 3.05) is 6.61 Å². The second kappa shape index (κ2) is 11.3. The van der Waals surface area contributed by atoms with Crippen LogP contribution < -0.4 is 14.8 Å². The number of fused-ring (bicyclic) bond motifs is 1. The largest absolute Gasteiger partial charge is 0.494 e. The third-order valence-electron chi connectivity index (χ3n) is 6.37. The lowest BCUT2D eigenvalue weighted by Gasteiger charge is -2.06. The maximum atomic E-state index is 13.3. The number of aromatic nitrogens is 5. The normalized spacial score (nSPS) is 12.0. The summed E-state index contributed by atoms with van der Waals surface area (Å²) in [6.45, 7) is 2.92. The lowest BCUT2D eigenvalue weighted by atomic mass is 10.2. The van der Waals surface area contributed by atoms with Gasteiger partial charge in [-0.3, -0.25) is 4.79 Å². The van der Waals surface area contributed by atoms with E-state index >= 15 is 0 Å². The molecule has 0 aliphatic heterocycles. The minimum atomic E-state index is -0.189. The lowest BCUT2D eigenvalue weighted by Crippen LogP contribution is -2.23. The summed E-state index contributed by atoms with van der Waals surface area (Å²) in [6.07, 6.45) is 8.53. The monoisotopic (exact) mass is 553 g/mol. The van der Waals surface area contributed by atoms with Crippen molar-refractivity contribution < 1.29 is 4.74 Å². The minimum absolute atomic E-state index is 0.189. The second-order valence-corrected chi connectivity index (χ2v) is 11.1. The molecule has 0 N–H and O–H groups in total. The molecule has 196 valence electrons. The van der Waals surface area contributed by atoms with Crippen LogP contribution in [0.3, 0.4) is 0 Å². The maximum Gasteiger partial charge on any atom is 0.291 e. The fourth-order valence-electron chi connectivity index (χ4n) is 4.33. The van der Waals surface area contributed by atoms with E-state index in [0.717, 1.165) is 46.2 Å². The Kier molecular flexibility index (Phi) is 7.33. The lowest BCUT2D eigenvalue weighted by molar-refractivity contribution is 0.305. The number of unbranched alkanes of at least 4 members (excludes halogenated alkanes) is 3. The van der Waals surface area contributed by atoms with Gasteiger partial charge in [0.2, 0.25) is 4.96 Å². The molecule has 39 heavy (non-hydrogen) atoms. The average molecular weight is 554 g/mol.